The van der Waals surface area contributed by atoms with Gasteiger partial charge < -0.3 is 5.32 Å². The van der Waals surface area contributed by atoms with E-state index in [9.17, 15) is 9.59 Å². The highest BCUT2D eigenvalue weighted by Crippen LogP contribution is 2.32. The summed E-state index contributed by atoms with van der Waals surface area (Å²) >= 11 is 6.51. The molecule has 1 atom stereocenters. The smallest absolute Gasteiger partial charge is 0.277 e. The third kappa shape index (κ3) is 5.42. The third-order valence-electron chi connectivity index (χ3n) is 5.54. The molecule has 1 unspecified atom stereocenters. The first-order valence-electron chi connectivity index (χ1n) is 10.6. The van der Waals surface area contributed by atoms with E-state index in [0.717, 1.165) is 25.7 Å². The predicted molar refractivity (Wildman–Crippen MR) is 124 cm³/mol. The number of amides is 2. The monoisotopic (exact) mass is 437 g/mol. The Hall–Kier alpha value is -2.92. The molecule has 0 radical (unpaired) electrons. The average Bonchev–Trinajstić information content (AvgIpc) is 2.81. The van der Waals surface area contributed by atoms with E-state index in [-0.39, 0.29) is 17.6 Å². The van der Waals surface area contributed by atoms with Crippen LogP contribution in [0.2, 0.25) is 5.02 Å². The number of benzene rings is 1. The first-order valence-corrected chi connectivity index (χ1v) is 11.0. The Morgan fingerprint density at radius 3 is 2.48 bits per heavy atom. The van der Waals surface area contributed by atoms with Crippen LogP contribution in [0.3, 0.4) is 0 Å². The van der Waals surface area contributed by atoms with Crippen molar-refractivity contribution >= 4 is 23.4 Å². The van der Waals surface area contributed by atoms with Gasteiger partial charge in [0, 0.05) is 28.5 Å². The average molecular weight is 438 g/mol. The molecule has 0 bridgehead atoms. The van der Waals surface area contributed by atoms with Crippen LogP contribution in [-0.2, 0) is 4.79 Å². The summed E-state index contributed by atoms with van der Waals surface area (Å²) in [6.07, 6.45) is 10.1. The molecular weight excluding hydrogens is 410 g/mol. The summed E-state index contributed by atoms with van der Waals surface area (Å²) in [7, 11) is 0. The molecule has 1 aliphatic carbocycles. The van der Waals surface area contributed by atoms with Crippen molar-refractivity contribution in [3.05, 3.63) is 89.4 Å². The van der Waals surface area contributed by atoms with Crippen LogP contribution in [0, 0.1) is 0 Å². The highest BCUT2D eigenvalue weighted by Gasteiger charge is 2.36. The molecule has 1 heterocycles. The summed E-state index contributed by atoms with van der Waals surface area (Å²) in [4.78, 5) is 32.9. The maximum Gasteiger partial charge on any atom is 0.277 e. The molecule has 3 rings (SSSR count). The van der Waals surface area contributed by atoms with Crippen molar-refractivity contribution in [3.63, 3.8) is 0 Å². The second-order valence-corrected chi connectivity index (χ2v) is 7.98. The van der Waals surface area contributed by atoms with E-state index in [4.69, 9.17) is 11.6 Å². The summed E-state index contributed by atoms with van der Waals surface area (Å²) in [6, 6.07) is 11.4. The Labute approximate surface area is 188 Å². The third-order valence-corrected chi connectivity index (χ3v) is 5.89. The molecule has 31 heavy (non-hydrogen) atoms. The van der Waals surface area contributed by atoms with Gasteiger partial charge in [0.25, 0.3) is 5.91 Å². The molecule has 0 saturated heterocycles. The van der Waals surface area contributed by atoms with Crippen molar-refractivity contribution in [3.8, 4) is 0 Å². The molecular formula is C25H28ClN3O2. The van der Waals surface area contributed by atoms with Gasteiger partial charge in [-0.2, -0.15) is 0 Å². The molecule has 0 spiro atoms. The zero-order valence-corrected chi connectivity index (χ0v) is 18.5. The minimum atomic E-state index is -0.950. The van der Waals surface area contributed by atoms with Crippen molar-refractivity contribution in [2.45, 2.75) is 51.1 Å². The van der Waals surface area contributed by atoms with E-state index in [0.29, 0.717) is 16.3 Å². The van der Waals surface area contributed by atoms with E-state index in [2.05, 4.69) is 16.9 Å². The summed E-state index contributed by atoms with van der Waals surface area (Å²) in [6.45, 7) is 5.66. The zero-order valence-electron chi connectivity index (χ0n) is 17.8. The normalized spacial score (nSPS) is 15.7. The number of pyridine rings is 1. The van der Waals surface area contributed by atoms with Gasteiger partial charge in [0.1, 0.15) is 11.7 Å². The number of carbonyl (C=O) groups excluding carboxylic acids is 2. The van der Waals surface area contributed by atoms with Gasteiger partial charge in [0.05, 0.1) is 0 Å². The fourth-order valence-electron chi connectivity index (χ4n) is 3.97. The summed E-state index contributed by atoms with van der Waals surface area (Å²) < 4.78 is 0. The summed E-state index contributed by atoms with van der Waals surface area (Å²) in [5.74, 6) is -0.650. The lowest BCUT2D eigenvalue weighted by atomic mass is 9.94. The van der Waals surface area contributed by atoms with Crippen LogP contribution in [-0.4, -0.2) is 27.7 Å². The first-order chi connectivity index (χ1) is 15.1. The minimum absolute atomic E-state index is 0.0934. The molecule has 6 heteroatoms. The lowest BCUT2D eigenvalue weighted by Gasteiger charge is -2.34. The number of hydrogen-bond acceptors (Lipinski definition) is 3. The van der Waals surface area contributed by atoms with Crippen LogP contribution in [0.25, 0.3) is 0 Å². The van der Waals surface area contributed by atoms with E-state index < -0.39 is 11.9 Å². The highest BCUT2D eigenvalue weighted by atomic mass is 35.5. The molecule has 1 aromatic carbocycles. The van der Waals surface area contributed by atoms with E-state index >= 15 is 0 Å². The Bertz CT molecular complexity index is 952. The lowest BCUT2D eigenvalue weighted by Crippen LogP contribution is -2.46. The molecule has 1 saturated carbocycles. The number of aromatic nitrogens is 1. The van der Waals surface area contributed by atoms with Crippen molar-refractivity contribution < 1.29 is 9.59 Å². The van der Waals surface area contributed by atoms with Gasteiger partial charge in [0.15, 0.2) is 0 Å². The van der Waals surface area contributed by atoms with Gasteiger partial charge in [-0.3, -0.25) is 19.5 Å². The van der Waals surface area contributed by atoms with Crippen molar-refractivity contribution in [2.75, 3.05) is 0 Å². The number of nitrogens with zero attached hydrogens (tertiary/aromatic N) is 2. The lowest BCUT2D eigenvalue weighted by molar-refractivity contribution is -0.126. The van der Waals surface area contributed by atoms with Gasteiger partial charge in [0.2, 0.25) is 5.91 Å². The van der Waals surface area contributed by atoms with Crippen LogP contribution >= 0.6 is 11.6 Å². The van der Waals surface area contributed by atoms with Crippen LogP contribution in [0.4, 0.5) is 0 Å². The fourth-order valence-corrected chi connectivity index (χ4v) is 4.21. The largest absolute Gasteiger partial charge is 0.351 e. The maximum absolute atomic E-state index is 13.6. The standard InChI is InChI=1S/C25H28ClN3O2/c1-3-19(4-2)29(25(31)22-16-10-11-17-27-22)23(20-14-8-9-15-21(20)26)24(30)28-18-12-6-5-7-13-18/h3-4,8-11,14-18,23H,1,5-7,12-13H2,2H3,(H,28,30). The molecule has 2 aromatic rings. The number of carbonyl (C=O) groups is 2. The highest BCUT2D eigenvalue weighted by molar-refractivity contribution is 6.31. The second kappa shape index (κ2) is 10.9. The SMILES string of the molecule is C=CC(=CC)N(C(=O)c1ccccn1)C(C(=O)NC1CCCCC1)c1ccccc1Cl. The summed E-state index contributed by atoms with van der Waals surface area (Å²) in [5.41, 5.74) is 1.31. The van der Waals surface area contributed by atoms with Gasteiger partial charge in [-0.05, 0) is 44.0 Å². The summed E-state index contributed by atoms with van der Waals surface area (Å²) in [5, 5.41) is 3.58. The van der Waals surface area contributed by atoms with Crippen LogP contribution in [0.1, 0.15) is 61.1 Å². The van der Waals surface area contributed by atoms with Crippen LogP contribution < -0.4 is 5.32 Å². The number of rotatable bonds is 7. The quantitative estimate of drug-likeness (QED) is 0.585. The number of nitrogens with one attached hydrogen (secondary N) is 1. The minimum Gasteiger partial charge on any atom is -0.351 e. The zero-order chi connectivity index (χ0) is 22.2. The Balaban J connectivity index is 2.08. The second-order valence-electron chi connectivity index (χ2n) is 7.58. The Morgan fingerprint density at radius 2 is 1.87 bits per heavy atom. The van der Waals surface area contributed by atoms with Crippen LogP contribution in [0.15, 0.2) is 73.1 Å². The van der Waals surface area contributed by atoms with E-state index in [1.54, 1.807) is 61.7 Å². The molecule has 2 amide bonds. The predicted octanol–water partition coefficient (Wildman–Crippen LogP) is 5.46. The van der Waals surface area contributed by atoms with Crippen molar-refractivity contribution in [1.82, 2.24) is 15.2 Å². The molecule has 1 aromatic heterocycles. The molecule has 1 N–H and O–H groups in total. The molecule has 0 aliphatic heterocycles. The van der Waals surface area contributed by atoms with Gasteiger partial charge >= 0.3 is 0 Å². The van der Waals surface area contributed by atoms with Crippen molar-refractivity contribution in [2.24, 2.45) is 0 Å². The first kappa shape index (κ1) is 22.8. The number of halogens is 1. The van der Waals surface area contributed by atoms with E-state index in [1.165, 1.54) is 11.3 Å². The Morgan fingerprint density at radius 1 is 1.16 bits per heavy atom. The molecule has 1 fully saturated rings. The number of allylic oxidation sites excluding steroid dienone is 2. The molecule has 162 valence electrons. The van der Waals surface area contributed by atoms with Gasteiger partial charge in [-0.25, -0.2) is 0 Å². The van der Waals surface area contributed by atoms with Crippen LogP contribution in [0.5, 0.6) is 0 Å². The van der Waals surface area contributed by atoms with Crippen molar-refractivity contribution in [1.29, 1.82) is 0 Å². The fraction of sp³-hybridized carbons (Fsp3) is 0.320. The molecule has 5 nitrogen and oxygen atoms in total. The number of hydrogen-bond donors (Lipinski definition) is 1. The van der Waals surface area contributed by atoms with E-state index in [1.807, 2.05) is 6.07 Å². The topological polar surface area (TPSA) is 62.3 Å². The van der Waals surface area contributed by atoms with Gasteiger partial charge in [-0.1, -0.05) is 67.8 Å². The maximum atomic E-state index is 13.6. The van der Waals surface area contributed by atoms with Gasteiger partial charge in [-0.15, -0.1) is 0 Å². The Kier molecular flexibility index (Phi) is 8.01. The molecule has 1 aliphatic rings.